The maximum absolute atomic E-state index is 12.7. The van der Waals surface area contributed by atoms with Crippen molar-refractivity contribution in [2.24, 2.45) is 11.8 Å². The Morgan fingerprint density at radius 3 is 0.925 bits per heavy atom. The molecule has 6 nitrogen and oxygen atoms in total. The predicted molar refractivity (Wildman–Crippen MR) is 224 cm³/mol. The van der Waals surface area contributed by atoms with Crippen LogP contribution in [0.2, 0.25) is 0 Å². The first-order chi connectivity index (χ1) is 25.7. The molecule has 0 aromatic rings. The highest BCUT2D eigenvalue weighted by atomic mass is 16.6. The van der Waals surface area contributed by atoms with Gasteiger partial charge in [-0.15, -0.1) is 0 Å². The lowest BCUT2D eigenvalue weighted by Gasteiger charge is -2.18. The summed E-state index contributed by atoms with van der Waals surface area (Å²) in [5, 5.41) is 0. The third-order valence-electron chi connectivity index (χ3n) is 10.5. The average molecular weight is 751 g/mol. The maximum atomic E-state index is 12.7. The number of carbonyl (C=O) groups is 3. The number of unbranched alkanes of at least 4 members (excludes halogenated alkanes) is 26. The molecule has 0 aromatic heterocycles. The number of hydrogen-bond acceptors (Lipinski definition) is 6. The monoisotopic (exact) mass is 751 g/mol. The molecule has 314 valence electrons. The molecule has 53 heavy (non-hydrogen) atoms. The largest absolute Gasteiger partial charge is 0.462 e. The van der Waals surface area contributed by atoms with Gasteiger partial charge in [0.05, 0.1) is 0 Å². The minimum absolute atomic E-state index is 0.0652. The number of ether oxygens (including phenoxy) is 3. The van der Waals surface area contributed by atoms with Gasteiger partial charge in [0.15, 0.2) is 6.10 Å². The van der Waals surface area contributed by atoms with E-state index in [1.165, 1.54) is 141 Å². The molecule has 0 aromatic carbocycles. The van der Waals surface area contributed by atoms with E-state index in [9.17, 15) is 14.4 Å². The fourth-order valence-electron chi connectivity index (χ4n) is 6.93. The van der Waals surface area contributed by atoms with Gasteiger partial charge in [0.25, 0.3) is 0 Å². The molecular weight excluding hydrogens is 661 g/mol. The first kappa shape index (κ1) is 51.4. The van der Waals surface area contributed by atoms with Gasteiger partial charge in [-0.2, -0.15) is 0 Å². The SMILES string of the molecule is CCCCCCCCCCCCCCC(=O)O[C@@H](COC(=O)CCCCCCCCCCCC(C)C)COC(=O)CCCCCCCCCCC(C)C. The first-order valence-electron chi connectivity index (χ1n) is 23.2. The quantitative estimate of drug-likeness (QED) is 0.0352. The normalized spacial score (nSPS) is 12.1. The van der Waals surface area contributed by atoms with Crippen LogP contribution in [0.25, 0.3) is 0 Å². The van der Waals surface area contributed by atoms with Crippen LogP contribution in [0.3, 0.4) is 0 Å². The van der Waals surface area contributed by atoms with Crippen LogP contribution in [-0.4, -0.2) is 37.2 Å². The first-order valence-corrected chi connectivity index (χ1v) is 23.2. The minimum atomic E-state index is -0.760. The lowest BCUT2D eigenvalue weighted by Crippen LogP contribution is -2.30. The van der Waals surface area contributed by atoms with Crippen molar-refractivity contribution >= 4 is 17.9 Å². The topological polar surface area (TPSA) is 78.9 Å². The molecule has 0 aliphatic rings. The Morgan fingerprint density at radius 2 is 0.623 bits per heavy atom. The molecule has 1 atom stereocenters. The van der Waals surface area contributed by atoms with E-state index in [2.05, 4.69) is 34.6 Å². The highest BCUT2D eigenvalue weighted by molar-refractivity contribution is 5.71. The molecule has 0 fully saturated rings. The zero-order chi connectivity index (χ0) is 39.0. The highest BCUT2D eigenvalue weighted by Crippen LogP contribution is 2.16. The number of esters is 3. The van der Waals surface area contributed by atoms with Crippen molar-refractivity contribution in [3.63, 3.8) is 0 Å². The summed E-state index contributed by atoms with van der Waals surface area (Å²) in [5.41, 5.74) is 0. The molecule has 0 aliphatic carbocycles. The Hall–Kier alpha value is -1.59. The van der Waals surface area contributed by atoms with E-state index in [0.717, 1.165) is 69.6 Å². The third kappa shape index (κ3) is 41.4. The van der Waals surface area contributed by atoms with Crippen LogP contribution in [0.5, 0.6) is 0 Å². The molecule has 0 spiro atoms. The standard InChI is InChI=1S/C47H90O6/c1-6-7-8-9-10-11-12-13-16-24-29-34-39-47(50)53-44(41-52-46(49)38-33-28-23-19-18-21-26-31-36-43(4)5)40-51-45(48)37-32-27-22-17-14-15-20-25-30-35-42(2)3/h42-44H,6-41H2,1-5H3/t44-/m0/s1. The molecular formula is C47H90O6. The summed E-state index contributed by atoms with van der Waals surface area (Å²) in [6, 6.07) is 0. The molecule has 0 bridgehead atoms. The van der Waals surface area contributed by atoms with Crippen molar-refractivity contribution in [2.75, 3.05) is 13.2 Å². The second kappa shape index (κ2) is 40.1. The van der Waals surface area contributed by atoms with Crippen molar-refractivity contribution in [2.45, 2.75) is 259 Å². The molecule has 0 unspecified atom stereocenters. The van der Waals surface area contributed by atoms with E-state index in [4.69, 9.17) is 14.2 Å². The van der Waals surface area contributed by atoms with Gasteiger partial charge in [0, 0.05) is 19.3 Å². The zero-order valence-electron chi connectivity index (χ0n) is 36.1. The molecule has 0 rings (SSSR count). The lowest BCUT2D eigenvalue weighted by molar-refractivity contribution is -0.167. The molecule has 0 saturated carbocycles. The fourth-order valence-corrected chi connectivity index (χ4v) is 6.93. The summed E-state index contributed by atoms with van der Waals surface area (Å²) in [5.74, 6) is 0.747. The van der Waals surface area contributed by atoms with Crippen LogP contribution < -0.4 is 0 Å². The van der Waals surface area contributed by atoms with Crippen molar-refractivity contribution in [1.29, 1.82) is 0 Å². The average Bonchev–Trinajstić information content (AvgIpc) is 3.12. The van der Waals surface area contributed by atoms with Gasteiger partial charge >= 0.3 is 17.9 Å². The molecule has 0 amide bonds. The van der Waals surface area contributed by atoms with E-state index < -0.39 is 6.10 Å². The lowest BCUT2D eigenvalue weighted by atomic mass is 10.0. The van der Waals surface area contributed by atoms with Crippen LogP contribution in [0.15, 0.2) is 0 Å². The molecule has 0 heterocycles. The Labute approximate surface area is 329 Å². The van der Waals surface area contributed by atoms with E-state index in [0.29, 0.717) is 19.3 Å². The van der Waals surface area contributed by atoms with Crippen molar-refractivity contribution < 1.29 is 28.6 Å². The van der Waals surface area contributed by atoms with Gasteiger partial charge in [-0.3, -0.25) is 14.4 Å². The Balaban J connectivity index is 4.34. The molecule has 0 aliphatic heterocycles. The van der Waals surface area contributed by atoms with Crippen LogP contribution in [0, 0.1) is 11.8 Å². The van der Waals surface area contributed by atoms with Crippen LogP contribution >= 0.6 is 0 Å². The smallest absolute Gasteiger partial charge is 0.306 e. The summed E-state index contributed by atoms with van der Waals surface area (Å²) in [6.45, 7) is 11.3. The summed E-state index contributed by atoms with van der Waals surface area (Å²) in [6.07, 6.45) is 38.0. The second-order valence-corrected chi connectivity index (χ2v) is 17.0. The fraction of sp³-hybridized carbons (Fsp3) is 0.936. The Bertz CT molecular complexity index is 809. The van der Waals surface area contributed by atoms with Crippen molar-refractivity contribution in [3.8, 4) is 0 Å². The van der Waals surface area contributed by atoms with Gasteiger partial charge < -0.3 is 14.2 Å². The summed E-state index contributed by atoms with van der Waals surface area (Å²) < 4.78 is 16.7. The molecule has 6 heteroatoms. The third-order valence-corrected chi connectivity index (χ3v) is 10.5. The zero-order valence-corrected chi connectivity index (χ0v) is 36.1. The highest BCUT2D eigenvalue weighted by Gasteiger charge is 2.19. The van der Waals surface area contributed by atoms with E-state index in [-0.39, 0.29) is 31.1 Å². The molecule has 0 radical (unpaired) electrons. The summed E-state index contributed by atoms with van der Waals surface area (Å²) in [7, 11) is 0. The van der Waals surface area contributed by atoms with Gasteiger partial charge in [0.1, 0.15) is 13.2 Å². The van der Waals surface area contributed by atoms with Crippen LogP contribution in [-0.2, 0) is 28.6 Å². The van der Waals surface area contributed by atoms with E-state index in [1.807, 2.05) is 0 Å². The van der Waals surface area contributed by atoms with Crippen LogP contribution in [0.1, 0.15) is 253 Å². The van der Waals surface area contributed by atoms with Gasteiger partial charge in [-0.05, 0) is 31.1 Å². The summed E-state index contributed by atoms with van der Waals surface area (Å²) in [4.78, 5) is 37.7. The number of hydrogen-bond donors (Lipinski definition) is 0. The van der Waals surface area contributed by atoms with Crippen molar-refractivity contribution in [3.05, 3.63) is 0 Å². The van der Waals surface area contributed by atoms with Crippen LogP contribution in [0.4, 0.5) is 0 Å². The number of carbonyl (C=O) groups excluding carboxylic acids is 3. The van der Waals surface area contributed by atoms with Gasteiger partial charge in [0.2, 0.25) is 0 Å². The Morgan fingerprint density at radius 1 is 0.358 bits per heavy atom. The number of rotatable bonds is 41. The molecule has 0 saturated heterocycles. The van der Waals surface area contributed by atoms with E-state index >= 15 is 0 Å². The summed E-state index contributed by atoms with van der Waals surface area (Å²) >= 11 is 0. The Kier molecular flexibility index (Phi) is 38.9. The second-order valence-electron chi connectivity index (χ2n) is 17.0. The minimum Gasteiger partial charge on any atom is -0.462 e. The predicted octanol–water partition coefficient (Wildman–Crippen LogP) is 14.6. The maximum Gasteiger partial charge on any atom is 0.306 e. The van der Waals surface area contributed by atoms with Gasteiger partial charge in [-0.1, -0.05) is 214 Å². The molecule has 0 N–H and O–H groups in total. The van der Waals surface area contributed by atoms with E-state index in [1.54, 1.807) is 0 Å². The van der Waals surface area contributed by atoms with Gasteiger partial charge in [-0.25, -0.2) is 0 Å². The van der Waals surface area contributed by atoms with Crippen molar-refractivity contribution in [1.82, 2.24) is 0 Å².